The van der Waals surface area contributed by atoms with Crippen LogP contribution in [0.5, 0.6) is 0 Å². The molecule has 0 amide bonds. The van der Waals surface area contributed by atoms with Gasteiger partial charge in [-0.05, 0) is 22.6 Å². The molecular formula is C17H18FN5O3S. The Labute approximate surface area is 158 Å². The van der Waals surface area contributed by atoms with Crippen LogP contribution >= 0.6 is 11.3 Å². The molecule has 1 aliphatic rings. The summed E-state index contributed by atoms with van der Waals surface area (Å²) in [5.41, 5.74) is 0.939. The van der Waals surface area contributed by atoms with E-state index >= 15 is 0 Å². The molecule has 1 fully saturated rings. The molecule has 0 radical (unpaired) electrons. The van der Waals surface area contributed by atoms with Crippen LogP contribution in [0.1, 0.15) is 11.6 Å². The first-order valence-electron chi connectivity index (χ1n) is 8.54. The van der Waals surface area contributed by atoms with Gasteiger partial charge in [0.15, 0.2) is 0 Å². The van der Waals surface area contributed by atoms with E-state index in [9.17, 15) is 14.5 Å². The molecule has 0 spiro atoms. The molecule has 0 aliphatic carbocycles. The molecule has 1 aliphatic heterocycles. The number of morpholine rings is 1. The molecular weight excluding hydrogens is 373 g/mol. The van der Waals surface area contributed by atoms with Crippen LogP contribution in [0.25, 0.3) is 4.96 Å². The number of nitro groups is 1. The number of nitrogens with one attached hydrogen (secondary N) is 1. The third kappa shape index (κ3) is 3.64. The highest BCUT2D eigenvalue weighted by atomic mass is 32.1. The fraction of sp³-hybridized carbons (Fsp3) is 0.353. The van der Waals surface area contributed by atoms with E-state index in [0.717, 1.165) is 18.7 Å². The maximum atomic E-state index is 13.3. The molecule has 1 saturated heterocycles. The predicted molar refractivity (Wildman–Crippen MR) is 99.7 cm³/mol. The summed E-state index contributed by atoms with van der Waals surface area (Å²) in [6, 6.07) is 6.28. The number of thiazole rings is 1. The van der Waals surface area contributed by atoms with Gasteiger partial charge in [-0.25, -0.2) is 4.39 Å². The average Bonchev–Trinajstić information content (AvgIpc) is 3.24. The summed E-state index contributed by atoms with van der Waals surface area (Å²) in [5, 5.41) is 16.4. The molecule has 0 bridgehead atoms. The van der Waals surface area contributed by atoms with Crippen molar-refractivity contribution in [3.05, 3.63) is 57.3 Å². The van der Waals surface area contributed by atoms with Gasteiger partial charge in [0, 0.05) is 25.0 Å². The fourth-order valence-corrected chi connectivity index (χ4v) is 4.00. The third-order valence-corrected chi connectivity index (χ3v) is 5.37. The molecule has 142 valence electrons. The Hall–Kier alpha value is -2.56. The van der Waals surface area contributed by atoms with E-state index in [1.165, 1.54) is 27.9 Å². The normalized spacial score (nSPS) is 16.5. The van der Waals surface area contributed by atoms with E-state index in [1.54, 1.807) is 23.7 Å². The average molecular weight is 391 g/mol. The number of halogens is 1. The van der Waals surface area contributed by atoms with Gasteiger partial charge in [0.1, 0.15) is 12.0 Å². The summed E-state index contributed by atoms with van der Waals surface area (Å²) in [6.07, 6.45) is 1.63. The maximum Gasteiger partial charge on any atom is 0.372 e. The Morgan fingerprint density at radius 1 is 1.33 bits per heavy atom. The highest BCUT2D eigenvalue weighted by molar-refractivity contribution is 7.15. The Morgan fingerprint density at radius 3 is 2.78 bits per heavy atom. The molecule has 0 saturated carbocycles. The Kier molecular flexibility index (Phi) is 5.01. The minimum atomic E-state index is -0.434. The Morgan fingerprint density at radius 2 is 2.07 bits per heavy atom. The van der Waals surface area contributed by atoms with E-state index in [4.69, 9.17) is 4.74 Å². The number of hydrogen-bond acceptors (Lipinski definition) is 7. The van der Waals surface area contributed by atoms with Gasteiger partial charge in [-0.2, -0.15) is 9.38 Å². The summed E-state index contributed by atoms with van der Waals surface area (Å²) in [4.78, 5) is 18.2. The predicted octanol–water partition coefficient (Wildman–Crippen LogP) is 2.93. The Bertz CT molecular complexity index is 936. The molecule has 3 aromatic rings. The third-order valence-electron chi connectivity index (χ3n) is 4.61. The van der Waals surface area contributed by atoms with Gasteiger partial charge in [-0.3, -0.25) is 4.90 Å². The molecule has 1 atom stereocenters. The summed E-state index contributed by atoms with van der Waals surface area (Å²) < 4.78 is 20.2. The smallest absolute Gasteiger partial charge is 0.372 e. The van der Waals surface area contributed by atoms with Gasteiger partial charge >= 0.3 is 5.82 Å². The van der Waals surface area contributed by atoms with E-state index in [1.807, 2.05) is 0 Å². The number of rotatable bonds is 6. The number of benzene rings is 1. The van der Waals surface area contributed by atoms with E-state index in [0.29, 0.717) is 24.7 Å². The highest BCUT2D eigenvalue weighted by Gasteiger charge is 2.27. The van der Waals surface area contributed by atoms with Crippen molar-refractivity contribution >= 4 is 27.9 Å². The van der Waals surface area contributed by atoms with Crippen LogP contribution in [0.3, 0.4) is 0 Å². The van der Waals surface area contributed by atoms with Crippen LogP contribution < -0.4 is 5.32 Å². The van der Waals surface area contributed by atoms with E-state index in [2.05, 4.69) is 15.2 Å². The van der Waals surface area contributed by atoms with Crippen LogP contribution in [0, 0.1) is 15.9 Å². The van der Waals surface area contributed by atoms with Gasteiger partial charge < -0.3 is 20.2 Å². The lowest BCUT2D eigenvalue weighted by atomic mass is 10.0. The lowest BCUT2D eigenvalue weighted by Crippen LogP contribution is -2.41. The molecule has 27 heavy (non-hydrogen) atoms. The summed E-state index contributed by atoms with van der Waals surface area (Å²) in [5.74, 6) is -0.129. The second-order valence-electron chi connectivity index (χ2n) is 6.19. The first kappa shape index (κ1) is 17.8. The van der Waals surface area contributed by atoms with Crippen molar-refractivity contribution in [1.82, 2.24) is 14.3 Å². The largest absolute Gasteiger partial charge is 0.379 e. The number of imidazole rings is 1. The van der Waals surface area contributed by atoms with Crippen molar-refractivity contribution < 1.29 is 14.1 Å². The van der Waals surface area contributed by atoms with Gasteiger partial charge in [0.2, 0.25) is 5.82 Å². The fourth-order valence-electron chi connectivity index (χ4n) is 3.29. The number of hydrogen-bond donors (Lipinski definition) is 1. The van der Waals surface area contributed by atoms with Crippen molar-refractivity contribution in [3.8, 4) is 0 Å². The zero-order valence-corrected chi connectivity index (χ0v) is 15.2. The van der Waals surface area contributed by atoms with Crippen LogP contribution in [-0.4, -0.2) is 52.1 Å². The standard InChI is InChI=1S/C17H18FN5O3S/c18-13-3-1-12(2-4-13)14(21-5-8-26-9-6-21)11-19-15-16(23(24)25)22-7-10-27-17(22)20-15/h1-4,7,10,14,19H,5-6,8-9,11H2. The molecule has 4 rings (SSSR count). The molecule has 1 aromatic carbocycles. The molecule has 3 heterocycles. The first-order chi connectivity index (χ1) is 13.1. The monoisotopic (exact) mass is 391 g/mol. The summed E-state index contributed by atoms with van der Waals surface area (Å²) >= 11 is 1.34. The van der Waals surface area contributed by atoms with Crippen molar-refractivity contribution in [3.63, 3.8) is 0 Å². The van der Waals surface area contributed by atoms with E-state index in [-0.39, 0.29) is 23.5 Å². The SMILES string of the molecule is O=[N+]([O-])c1c(NCC(c2ccc(F)cc2)N2CCOCC2)nc2sccn12. The van der Waals surface area contributed by atoms with Gasteiger partial charge in [-0.1, -0.05) is 23.5 Å². The van der Waals surface area contributed by atoms with E-state index < -0.39 is 4.92 Å². The number of anilines is 1. The number of fused-ring (bicyclic) bond motifs is 1. The van der Waals surface area contributed by atoms with Crippen molar-refractivity contribution in [2.24, 2.45) is 0 Å². The molecule has 1 N–H and O–H groups in total. The van der Waals surface area contributed by atoms with Gasteiger partial charge in [0.05, 0.1) is 19.3 Å². The minimum Gasteiger partial charge on any atom is -0.379 e. The van der Waals surface area contributed by atoms with Crippen molar-refractivity contribution in [2.75, 3.05) is 38.2 Å². The van der Waals surface area contributed by atoms with Gasteiger partial charge in [-0.15, -0.1) is 0 Å². The summed E-state index contributed by atoms with van der Waals surface area (Å²) in [6.45, 7) is 3.14. The molecule has 8 nitrogen and oxygen atoms in total. The molecule has 1 unspecified atom stereocenters. The van der Waals surface area contributed by atoms with Crippen LogP contribution in [0.2, 0.25) is 0 Å². The number of nitrogens with zero attached hydrogens (tertiary/aromatic N) is 4. The highest BCUT2D eigenvalue weighted by Crippen LogP contribution is 2.30. The minimum absolute atomic E-state index is 0.0751. The lowest BCUT2D eigenvalue weighted by Gasteiger charge is -2.34. The topological polar surface area (TPSA) is 84.9 Å². The zero-order chi connectivity index (χ0) is 18.8. The van der Waals surface area contributed by atoms with Crippen LogP contribution in [0.4, 0.5) is 16.0 Å². The maximum absolute atomic E-state index is 13.3. The second kappa shape index (κ2) is 7.59. The van der Waals surface area contributed by atoms with Crippen molar-refractivity contribution in [1.29, 1.82) is 0 Å². The summed E-state index contributed by atoms with van der Waals surface area (Å²) in [7, 11) is 0. The number of ether oxygens (including phenoxy) is 1. The quantitative estimate of drug-likeness (QED) is 0.514. The molecule has 2 aromatic heterocycles. The second-order valence-corrected chi connectivity index (χ2v) is 7.07. The first-order valence-corrected chi connectivity index (χ1v) is 9.42. The zero-order valence-electron chi connectivity index (χ0n) is 14.4. The van der Waals surface area contributed by atoms with Crippen LogP contribution in [0.15, 0.2) is 35.8 Å². The number of aromatic nitrogens is 2. The molecule has 10 heteroatoms. The van der Waals surface area contributed by atoms with Gasteiger partial charge in [0.25, 0.3) is 4.96 Å². The Balaban J connectivity index is 1.60. The van der Waals surface area contributed by atoms with Crippen molar-refractivity contribution in [2.45, 2.75) is 6.04 Å². The lowest BCUT2D eigenvalue weighted by molar-refractivity contribution is -0.389. The van der Waals surface area contributed by atoms with Crippen LogP contribution in [-0.2, 0) is 4.74 Å².